The number of hydrogen-bond acceptors (Lipinski definition) is 0. The molecule has 0 saturated heterocycles. The van der Waals surface area contributed by atoms with E-state index >= 15 is 0 Å². The molecule has 0 amide bonds. The first-order valence-corrected chi connectivity index (χ1v) is 9.35. The van der Waals surface area contributed by atoms with E-state index < -0.39 is 0 Å². The molecule has 0 aliphatic heterocycles. The molecule has 6 unspecified atom stereocenters. The average molecular weight is 283 g/mol. The second-order valence-electron chi connectivity index (χ2n) is 7.66. The average Bonchev–Trinajstić information content (AvgIpc) is 2.44. The summed E-state index contributed by atoms with van der Waals surface area (Å²) < 4.78 is 0. The van der Waals surface area contributed by atoms with Crippen LogP contribution in [-0.4, -0.2) is 5.38 Å². The number of rotatable bonds is 3. The number of hydrogen-bond donors (Lipinski definition) is 0. The molecule has 1 heteroatoms. The molecule has 0 spiro atoms. The molecule has 3 saturated carbocycles. The third kappa shape index (κ3) is 3.14. The van der Waals surface area contributed by atoms with E-state index in [9.17, 15) is 0 Å². The van der Waals surface area contributed by atoms with Crippen LogP contribution in [0.2, 0.25) is 0 Å². The summed E-state index contributed by atoms with van der Waals surface area (Å²) in [5.74, 6) is 5.29. The van der Waals surface area contributed by atoms with Crippen molar-refractivity contribution in [3.8, 4) is 0 Å². The Morgan fingerprint density at radius 1 is 0.842 bits per heavy atom. The number of halogens is 1. The van der Waals surface area contributed by atoms with E-state index in [1.165, 1.54) is 57.8 Å². The van der Waals surface area contributed by atoms with Gasteiger partial charge in [-0.15, -0.1) is 11.6 Å². The Kier molecular flexibility index (Phi) is 4.78. The summed E-state index contributed by atoms with van der Waals surface area (Å²) in [5, 5.41) is 0.499. The zero-order valence-corrected chi connectivity index (χ0v) is 13.4. The van der Waals surface area contributed by atoms with Gasteiger partial charge < -0.3 is 0 Å². The van der Waals surface area contributed by atoms with Crippen molar-refractivity contribution in [2.24, 2.45) is 29.6 Å². The summed E-state index contributed by atoms with van der Waals surface area (Å²) in [6.07, 6.45) is 16.1. The van der Waals surface area contributed by atoms with Gasteiger partial charge in [-0.3, -0.25) is 0 Å². The maximum absolute atomic E-state index is 6.39. The molecule has 3 rings (SSSR count). The first-order chi connectivity index (χ1) is 9.28. The molecular formula is C18H31Cl. The summed E-state index contributed by atoms with van der Waals surface area (Å²) in [5.41, 5.74) is 0. The predicted octanol–water partition coefficient (Wildman–Crippen LogP) is 6.03. The summed E-state index contributed by atoms with van der Waals surface area (Å²) in [4.78, 5) is 0. The van der Waals surface area contributed by atoms with Crippen molar-refractivity contribution < 1.29 is 0 Å². The van der Waals surface area contributed by atoms with Gasteiger partial charge in [0.2, 0.25) is 0 Å². The summed E-state index contributed by atoms with van der Waals surface area (Å²) >= 11 is 6.39. The van der Waals surface area contributed by atoms with Gasteiger partial charge in [0.1, 0.15) is 0 Å². The van der Waals surface area contributed by atoms with Gasteiger partial charge in [-0.25, -0.2) is 0 Å². The van der Waals surface area contributed by atoms with Gasteiger partial charge in [-0.2, -0.15) is 0 Å². The molecule has 3 aliphatic carbocycles. The molecule has 0 aromatic rings. The molecule has 110 valence electrons. The highest BCUT2D eigenvalue weighted by molar-refractivity contribution is 6.20. The fourth-order valence-corrected chi connectivity index (χ4v) is 5.94. The molecule has 0 radical (unpaired) electrons. The van der Waals surface area contributed by atoms with E-state index in [2.05, 4.69) is 6.92 Å². The molecule has 3 aliphatic rings. The van der Waals surface area contributed by atoms with Gasteiger partial charge in [0.05, 0.1) is 0 Å². The molecule has 19 heavy (non-hydrogen) atoms. The molecule has 0 N–H and O–H groups in total. The lowest BCUT2D eigenvalue weighted by Crippen LogP contribution is -2.41. The van der Waals surface area contributed by atoms with Gasteiger partial charge in [0, 0.05) is 5.38 Å². The summed E-state index contributed by atoms with van der Waals surface area (Å²) in [6.45, 7) is 2.33. The van der Waals surface area contributed by atoms with E-state index in [1.54, 1.807) is 12.8 Å². The molecule has 0 heterocycles. The van der Waals surface area contributed by atoms with Gasteiger partial charge in [0.25, 0.3) is 0 Å². The Morgan fingerprint density at radius 2 is 1.53 bits per heavy atom. The van der Waals surface area contributed by atoms with Crippen LogP contribution in [0.25, 0.3) is 0 Å². The van der Waals surface area contributed by atoms with Crippen molar-refractivity contribution in [1.29, 1.82) is 0 Å². The molecular weight excluding hydrogens is 252 g/mol. The second-order valence-corrected chi connectivity index (χ2v) is 8.27. The smallest absolute Gasteiger partial charge is 0.0338 e. The maximum atomic E-state index is 6.39. The fourth-order valence-electron chi connectivity index (χ4n) is 5.59. The van der Waals surface area contributed by atoms with E-state index in [0.29, 0.717) is 5.38 Å². The van der Waals surface area contributed by atoms with Crippen LogP contribution in [-0.2, 0) is 0 Å². The molecule has 0 aromatic carbocycles. The fraction of sp³-hybridized carbons (Fsp3) is 1.00. The minimum atomic E-state index is 0.499. The van der Waals surface area contributed by atoms with Crippen molar-refractivity contribution in [3.63, 3.8) is 0 Å². The highest BCUT2D eigenvalue weighted by Crippen LogP contribution is 2.53. The van der Waals surface area contributed by atoms with Gasteiger partial charge in [0.15, 0.2) is 0 Å². The Labute approximate surface area is 124 Å². The van der Waals surface area contributed by atoms with Crippen molar-refractivity contribution in [3.05, 3.63) is 0 Å². The normalized spacial score (nSPS) is 46.4. The third-order valence-electron chi connectivity index (χ3n) is 6.55. The van der Waals surface area contributed by atoms with E-state index in [4.69, 9.17) is 11.6 Å². The maximum Gasteiger partial charge on any atom is 0.0338 e. The van der Waals surface area contributed by atoms with E-state index in [-0.39, 0.29) is 0 Å². The minimum absolute atomic E-state index is 0.499. The van der Waals surface area contributed by atoms with Crippen LogP contribution < -0.4 is 0 Å². The van der Waals surface area contributed by atoms with Crippen molar-refractivity contribution in [2.45, 2.75) is 82.9 Å². The largest absolute Gasteiger partial charge is 0.123 e. The highest BCUT2D eigenvalue weighted by atomic mass is 35.5. The number of unbranched alkanes of at least 4 members (excludes halogenated alkanes) is 1. The lowest BCUT2D eigenvalue weighted by molar-refractivity contribution is 0.0111. The van der Waals surface area contributed by atoms with Gasteiger partial charge >= 0.3 is 0 Å². The molecule has 6 atom stereocenters. The standard InChI is InChI=1S/C18H31Cl/c1-2-3-4-13-5-9-17-14(11-13)6-7-15-12-16(19)8-10-18(15)17/h13-18H,2-12H2,1H3. The Morgan fingerprint density at radius 3 is 2.26 bits per heavy atom. The van der Waals surface area contributed by atoms with Crippen LogP contribution >= 0.6 is 11.6 Å². The first-order valence-electron chi connectivity index (χ1n) is 8.92. The Hall–Kier alpha value is 0.290. The van der Waals surface area contributed by atoms with Crippen LogP contribution in [0.1, 0.15) is 77.6 Å². The molecule has 0 bridgehead atoms. The van der Waals surface area contributed by atoms with Crippen LogP contribution in [0, 0.1) is 29.6 Å². The van der Waals surface area contributed by atoms with E-state index in [0.717, 1.165) is 29.6 Å². The molecule has 3 fully saturated rings. The number of fused-ring (bicyclic) bond motifs is 3. The molecule has 0 aromatic heterocycles. The lowest BCUT2D eigenvalue weighted by Gasteiger charge is -2.50. The summed E-state index contributed by atoms with van der Waals surface area (Å²) in [7, 11) is 0. The topological polar surface area (TPSA) is 0 Å². The highest BCUT2D eigenvalue weighted by Gasteiger charge is 2.43. The van der Waals surface area contributed by atoms with Crippen LogP contribution in [0.4, 0.5) is 0 Å². The Balaban J connectivity index is 1.58. The monoisotopic (exact) mass is 282 g/mol. The second kappa shape index (κ2) is 6.37. The lowest BCUT2D eigenvalue weighted by atomic mass is 9.56. The van der Waals surface area contributed by atoms with Crippen molar-refractivity contribution >= 4 is 11.6 Å². The van der Waals surface area contributed by atoms with Crippen molar-refractivity contribution in [2.75, 3.05) is 0 Å². The van der Waals surface area contributed by atoms with E-state index in [1.807, 2.05) is 0 Å². The minimum Gasteiger partial charge on any atom is -0.123 e. The van der Waals surface area contributed by atoms with Gasteiger partial charge in [-0.05, 0) is 74.5 Å². The predicted molar refractivity (Wildman–Crippen MR) is 83.6 cm³/mol. The zero-order chi connectivity index (χ0) is 13.2. The van der Waals surface area contributed by atoms with Crippen molar-refractivity contribution in [1.82, 2.24) is 0 Å². The SMILES string of the molecule is CCCCC1CCC2C(CCC3CC(Cl)CCC32)C1. The third-order valence-corrected chi connectivity index (χ3v) is 6.95. The molecule has 0 nitrogen and oxygen atoms in total. The summed E-state index contributed by atoms with van der Waals surface area (Å²) in [6, 6.07) is 0. The zero-order valence-electron chi connectivity index (χ0n) is 12.6. The first kappa shape index (κ1) is 14.2. The van der Waals surface area contributed by atoms with Crippen LogP contribution in [0.15, 0.2) is 0 Å². The van der Waals surface area contributed by atoms with Crippen LogP contribution in [0.5, 0.6) is 0 Å². The quantitative estimate of drug-likeness (QED) is 0.555. The van der Waals surface area contributed by atoms with Crippen LogP contribution in [0.3, 0.4) is 0 Å². The number of alkyl halides is 1. The van der Waals surface area contributed by atoms with Gasteiger partial charge in [-0.1, -0.05) is 32.6 Å². The Bertz CT molecular complexity index is 287.